The Hall–Kier alpha value is -2.55. The van der Waals surface area contributed by atoms with Crippen LogP contribution in [0.3, 0.4) is 0 Å². The molecule has 0 amide bonds. The largest absolute Gasteiger partial charge is 0.478 e. The van der Waals surface area contributed by atoms with Gasteiger partial charge < -0.3 is 10.4 Å². The second kappa shape index (κ2) is 6.31. The van der Waals surface area contributed by atoms with E-state index < -0.39 is 5.97 Å². The molecule has 136 valence electrons. The van der Waals surface area contributed by atoms with Crippen LogP contribution in [0.15, 0.2) is 48.5 Å². The second-order valence-electron chi connectivity index (χ2n) is 8.72. The Morgan fingerprint density at radius 3 is 2.23 bits per heavy atom. The Labute approximate surface area is 155 Å². The predicted octanol–water partition coefficient (Wildman–Crippen LogP) is 6.24. The van der Waals surface area contributed by atoms with Crippen molar-refractivity contribution in [1.29, 1.82) is 0 Å². The summed E-state index contributed by atoms with van der Waals surface area (Å²) >= 11 is 0. The number of nitrogens with one attached hydrogen (secondary N) is 1. The van der Waals surface area contributed by atoms with Gasteiger partial charge in [0.25, 0.3) is 0 Å². The summed E-state index contributed by atoms with van der Waals surface area (Å²) in [5, 5.41) is 12.4. The van der Waals surface area contributed by atoms with Crippen molar-refractivity contribution in [2.24, 2.45) is 5.41 Å². The van der Waals surface area contributed by atoms with Gasteiger partial charge in [-0.1, -0.05) is 46.8 Å². The number of carbonyl (C=O) groups is 1. The van der Waals surface area contributed by atoms with Gasteiger partial charge in [0.2, 0.25) is 0 Å². The van der Waals surface area contributed by atoms with Gasteiger partial charge in [0, 0.05) is 11.4 Å². The second-order valence-corrected chi connectivity index (χ2v) is 8.72. The molecule has 0 saturated heterocycles. The molecule has 0 spiro atoms. The van der Waals surface area contributed by atoms with Gasteiger partial charge in [-0.05, 0) is 70.3 Å². The van der Waals surface area contributed by atoms with E-state index in [-0.39, 0.29) is 10.8 Å². The molecule has 3 nitrogen and oxygen atoms in total. The van der Waals surface area contributed by atoms with E-state index in [4.69, 9.17) is 5.11 Å². The fourth-order valence-corrected chi connectivity index (χ4v) is 3.59. The molecule has 2 aromatic rings. The molecule has 26 heavy (non-hydrogen) atoms. The molecular formula is C23H27NO2. The smallest absolute Gasteiger partial charge is 0.335 e. The van der Waals surface area contributed by atoms with Crippen LogP contribution in [-0.4, -0.2) is 11.1 Å². The van der Waals surface area contributed by atoms with Crippen LogP contribution in [0.1, 0.15) is 62.5 Å². The van der Waals surface area contributed by atoms with Crippen LogP contribution in [0, 0.1) is 5.41 Å². The minimum atomic E-state index is -0.910. The van der Waals surface area contributed by atoms with E-state index in [1.807, 2.05) is 0 Å². The molecule has 0 aromatic heterocycles. The molecule has 3 heteroatoms. The molecule has 0 heterocycles. The third-order valence-electron chi connectivity index (χ3n) is 5.08. The fourth-order valence-electron chi connectivity index (χ4n) is 3.59. The minimum Gasteiger partial charge on any atom is -0.478 e. The normalized spacial score (nSPS) is 15.8. The van der Waals surface area contributed by atoms with E-state index in [9.17, 15) is 4.79 Å². The average Bonchev–Trinajstić information content (AvgIpc) is 2.54. The Balaban J connectivity index is 1.97. The van der Waals surface area contributed by atoms with Crippen LogP contribution in [0.25, 0.3) is 5.57 Å². The van der Waals surface area contributed by atoms with Gasteiger partial charge in [0.1, 0.15) is 0 Å². The number of carboxylic acid groups (broad SMARTS) is 1. The molecule has 2 aromatic carbocycles. The monoisotopic (exact) mass is 349 g/mol. The van der Waals surface area contributed by atoms with Gasteiger partial charge in [-0.2, -0.15) is 0 Å². The zero-order chi connectivity index (χ0) is 19.1. The molecule has 0 unspecified atom stereocenters. The van der Waals surface area contributed by atoms with Crippen LogP contribution in [0.2, 0.25) is 0 Å². The number of hydrogen-bond donors (Lipinski definition) is 2. The molecule has 1 aliphatic rings. The van der Waals surface area contributed by atoms with Gasteiger partial charge in [0.15, 0.2) is 0 Å². The Bertz CT molecular complexity index is 868. The van der Waals surface area contributed by atoms with Crippen molar-refractivity contribution in [3.8, 4) is 0 Å². The van der Waals surface area contributed by atoms with Crippen LogP contribution >= 0.6 is 0 Å². The van der Waals surface area contributed by atoms with Crippen molar-refractivity contribution in [2.45, 2.75) is 46.5 Å². The first kappa shape index (κ1) is 18.2. The Morgan fingerprint density at radius 1 is 1.04 bits per heavy atom. The molecule has 3 rings (SSSR count). The van der Waals surface area contributed by atoms with E-state index in [0.717, 1.165) is 17.8 Å². The summed E-state index contributed by atoms with van der Waals surface area (Å²) in [7, 11) is 0. The standard InChI is InChI=1S/C23H27NO2/c1-22(2,3)19-12-13-23(4,5)20-11-10-17(14-18(19)20)24-16-8-6-15(7-9-16)21(25)26/h6-12,14,24H,13H2,1-5H3,(H,25,26). The number of benzene rings is 2. The summed E-state index contributed by atoms with van der Waals surface area (Å²) < 4.78 is 0. The topological polar surface area (TPSA) is 49.3 Å². The molecule has 0 radical (unpaired) electrons. The lowest BCUT2D eigenvalue weighted by atomic mass is 9.68. The average molecular weight is 349 g/mol. The van der Waals surface area contributed by atoms with Crippen LogP contribution in [0.5, 0.6) is 0 Å². The maximum Gasteiger partial charge on any atom is 0.335 e. The van der Waals surface area contributed by atoms with E-state index in [2.05, 4.69) is 64.2 Å². The SMILES string of the molecule is CC(C)(C)C1=CCC(C)(C)c2ccc(Nc3ccc(C(=O)O)cc3)cc21. The van der Waals surface area contributed by atoms with Gasteiger partial charge in [0.05, 0.1) is 5.56 Å². The maximum absolute atomic E-state index is 11.0. The van der Waals surface area contributed by atoms with E-state index in [0.29, 0.717) is 5.56 Å². The van der Waals surface area contributed by atoms with E-state index in [1.165, 1.54) is 16.7 Å². The summed E-state index contributed by atoms with van der Waals surface area (Å²) in [5.41, 5.74) is 6.49. The first-order valence-electron chi connectivity index (χ1n) is 9.04. The van der Waals surface area contributed by atoms with Crippen LogP contribution in [0.4, 0.5) is 11.4 Å². The molecule has 0 bridgehead atoms. The lowest BCUT2D eigenvalue weighted by molar-refractivity contribution is 0.0697. The van der Waals surface area contributed by atoms with Crippen molar-refractivity contribution in [3.63, 3.8) is 0 Å². The Morgan fingerprint density at radius 2 is 1.65 bits per heavy atom. The third-order valence-corrected chi connectivity index (χ3v) is 5.08. The van der Waals surface area contributed by atoms with Crippen molar-refractivity contribution in [3.05, 3.63) is 65.2 Å². The molecule has 1 aliphatic carbocycles. The lowest BCUT2D eigenvalue weighted by Crippen LogP contribution is -2.25. The number of aromatic carboxylic acids is 1. The highest BCUT2D eigenvalue weighted by atomic mass is 16.4. The number of allylic oxidation sites excluding steroid dienone is 2. The zero-order valence-electron chi connectivity index (χ0n) is 16.2. The number of rotatable bonds is 3. The predicted molar refractivity (Wildman–Crippen MR) is 108 cm³/mol. The fraction of sp³-hybridized carbons (Fsp3) is 0.348. The zero-order valence-corrected chi connectivity index (χ0v) is 16.2. The first-order chi connectivity index (χ1) is 12.1. The summed E-state index contributed by atoms with van der Waals surface area (Å²) in [6, 6.07) is 13.4. The first-order valence-corrected chi connectivity index (χ1v) is 9.04. The van der Waals surface area contributed by atoms with Crippen LogP contribution < -0.4 is 5.32 Å². The Kier molecular flexibility index (Phi) is 4.43. The van der Waals surface area contributed by atoms with Gasteiger partial charge >= 0.3 is 5.97 Å². The van der Waals surface area contributed by atoms with Crippen molar-refractivity contribution >= 4 is 22.9 Å². The minimum absolute atomic E-state index is 0.0903. The lowest BCUT2D eigenvalue weighted by Gasteiger charge is -2.37. The van der Waals surface area contributed by atoms with Crippen molar-refractivity contribution in [1.82, 2.24) is 0 Å². The van der Waals surface area contributed by atoms with Gasteiger partial charge in [-0.15, -0.1) is 0 Å². The van der Waals surface area contributed by atoms with Gasteiger partial charge in [-0.3, -0.25) is 0 Å². The highest BCUT2D eigenvalue weighted by Crippen LogP contribution is 2.46. The highest BCUT2D eigenvalue weighted by Gasteiger charge is 2.32. The van der Waals surface area contributed by atoms with Gasteiger partial charge in [-0.25, -0.2) is 4.79 Å². The summed E-state index contributed by atoms with van der Waals surface area (Å²) in [5.74, 6) is -0.910. The number of hydrogen-bond acceptors (Lipinski definition) is 2. The molecule has 0 fully saturated rings. The molecule has 0 aliphatic heterocycles. The molecule has 0 saturated carbocycles. The van der Waals surface area contributed by atoms with Crippen LogP contribution in [-0.2, 0) is 5.41 Å². The quantitative estimate of drug-likeness (QED) is 0.689. The highest BCUT2D eigenvalue weighted by molar-refractivity contribution is 5.88. The number of fused-ring (bicyclic) bond motifs is 1. The third kappa shape index (κ3) is 3.52. The molecule has 0 atom stereocenters. The molecular weight excluding hydrogens is 322 g/mol. The number of carboxylic acids is 1. The van der Waals surface area contributed by atoms with Crippen molar-refractivity contribution < 1.29 is 9.90 Å². The number of anilines is 2. The molecule has 2 N–H and O–H groups in total. The van der Waals surface area contributed by atoms with E-state index >= 15 is 0 Å². The van der Waals surface area contributed by atoms with Crippen molar-refractivity contribution in [2.75, 3.05) is 5.32 Å². The summed E-state index contributed by atoms with van der Waals surface area (Å²) in [6.07, 6.45) is 3.43. The van der Waals surface area contributed by atoms with E-state index in [1.54, 1.807) is 24.3 Å². The maximum atomic E-state index is 11.0. The summed E-state index contributed by atoms with van der Waals surface area (Å²) in [4.78, 5) is 11.0. The summed E-state index contributed by atoms with van der Waals surface area (Å²) in [6.45, 7) is 11.3.